The fourth-order valence-electron chi connectivity index (χ4n) is 3.18. The van der Waals surface area contributed by atoms with Crippen LogP contribution in [-0.4, -0.2) is 27.0 Å². The molecule has 0 radical (unpaired) electrons. The number of anilines is 1. The van der Waals surface area contributed by atoms with E-state index in [-0.39, 0.29) is 17.0 Å². The number of ether oxygens (including phenoxy) is 1. The summed E-state index contributed by atoms with van der Waals surface area (Å²) in [6.07, 6.45) is -4.60. The maximum atomic E-state index is 13.0. The van der Waals surface area contributed by atoms with Gasteiger partial charge in [-0.05, 0) is 61.4 Å². The highest BCUT2D eigenvalue weighted by Crippen LogP contribution is 2.30. The molecule has 0 bridgehead atoms. The molecule has 0 aliphatic carbocycles. The van der Waals surface area contributed by atoms with Gasteiger partial charge in [-0.25, -0.2) is 8.42 Å². The van der Waals surface area contributed by atoms with Crippen LogP contribution in [0.5, 0.6) is 5.75 Å². The molecule has 34 heavy (non-hydrogen) atoms. The third-order valence-corrected chi connectivity index (χ3v) is 6.29. The Morgan fingerprint density at radius 1 is 0.971 bits per heavy atom. The zero-order chi connectivity index (χ0) is 24.8. The van der Waals surface area contributed by atoms with Crippen LogP contribution in [0.25, 0.3) is 0 Å². The van der Waals surface area contributed by atoms with Gasteiger partial charge in [-0.3, -0.25) is 4.79 Å². The molecule has 1 atom stereocenters. The summed E-state index contributed by atoms with van der Waals surface area (Å²) >= 11 is 0. The van der Waals surface area contributed by atoms with E-state index in [0.29, 0.717) is 17.9 Å². The number of carbonyl (C=O) groups is 1. The van der Waals surface area contributed by atoms with Crippen LogP contribution < -0.4 is 14.8 Å². The highest BCUT2D eigenvalue weighted by Gasteiger charge is 2.31. The molecule has 1 unspecified atom stereocenters. The van der Waals surface area contributed by atoms with E-state index >= 15 is 0 Å². The Bertz CT molecular complexity index is 1210. The van der Waals surface area contributed by atoms with Gasteiger partial charge in [0.2, 0.25) is 15.9 Å². The van der Waals surface area contributed by atoms with E-state index in [2.05, 4.69) is 10.0 Å². The summed E-state index contributed by atoms with van der Waals surface area (Å²) in [6.45, 7) is 2.21. The van der Waals surface area contributed by atoms with Gasteiger partial charge < -0.3 is 10.1 Å². The van der Waals surface area contributed by atoms with Crippen molar-refractivity contribution in [2.24, 2.45) is 0 Å². The Kier molecular flexibility index (Phi) is 7.95. The zero-order valence-electron chi connectivity index (χ0n) is 18.2. The predicted molar refractivity (Wildman–Crippen MR) is 122 cm³/mol. The first kappa shape index (κ1) is 25.3. The topological polar surface area (TPSA) is 84.5 Å². The Labute approximate surface area is 195 Å². The monoisotopic (exact) mass is 492 g/mol. The number of hydrogen-bond acceptors (Lipinski definition) is 4. The molecule has 0 spiro atoms. The Balaban J connectivity index is 1.85. The lowest BCUT2D eigenvalue weighted by molar-refractivity contribution is -0.137. The number of halogens is 3. The third-order valence-electron chi connectivity index (χ3n) is 4.80. The van der Waals surface area contributed by atoms with Crippen molar-refractivity contribution in [3.05, 3.63) is 90.0 Å². The second-order valence-corrected chi connectivity index (χ2v) is 9.05. The number of hydrogen-bond donors (Lipinski definition) is 2. The summed E-state index contributed by atoms with van der Waals surface area (Å²) in [7, 11) is -4.13. The summed E-state index contributed by atoms with van der Waals surface area (Å²) in [5, 5.41) is 2.39. The lowest BCUT2D eigenvalue weighted by Crippen LogP contribution is -2.45. The average molecular weight is 493 g/mol. The van der Waals surface area contributed by atoms with Gasteiger partial charge in [0, 0.05) is 5.69 Å². The summed E-state index contributed by atoms with van der Waals surface area (Å²) in [5.74, 6) is -0.303. The third kappa shape index (κ3) is 6.82. The van der Waals surface area contributed by atoms with Crippen molar-refractivity contribution in [1.29, 1.82) is 0 Å². The average Bonchev–Trinajstić information content (AvgIpc) is 2.79. The standard InChI is InChI=1S/C24H23F3N2O4S/c1-2-33-20-11-13-21(14-12-20)34(31,32)29-22(15-17-7-4-3-5-8-17)23(30)28-19-10-6-9-18(16-19)24(25,26)27/h3-14,16,22,29H,2,15H2,1H3,(H,28,30). The molecule has 180 valence electrons. The lowest BCUT2D eigenvalue weighted by Gasteiger charge is -2.19. The smallest absolute Gasteiger partial charge is 0.416 e. The highest BCUT2D eigenvalue weighted by molar-refractivity contribution is 7.89. The van der Waals surface area contributed by atoms with Gasteiger partial charge in [0.05, 0.1) is 17.1 Å². The molecule has 10 heteroatoms. The first-order chi connectivity index (χ1) is 16.1. The van der Waals surface area contributed by atoms with Crippen LogP contribution in [0.4, 0.5) is 18.9 Å². The van der Waals surface area contributed by atoms with Gasteiger partial charge in [0.15, 0.2) is 0 Å². The van der Waals surface area contributed by atoms with E-state index in [1.807, 2.05) is 0 Å². The van der Waals surface area contributed by atoms with Gasteiger partial charge in [-0.1, -0.05) is 36.4 Å². The Morgan fingerprint density at radius 2 is 1.65 bits per heavy atom. The molecule has 3 aromatic carbocycles. The fraction of sp³-hybridized carbons (Fsp3) is 0.208. The molecule has 0 saturated carbocycles. The van der Waals surface area contributed by atoms with Gasteiger partial charge in [-0.15, -0.1) is 0 Å². The summed E-state index contributed by atoms with van der Waals surface area (Å²) < 4.78 is 72.7. The number of sulfonamides is 1. The number of rotatable bonds is 9. The molecule has 0 heterocycles. The molecule has 0 aliphatic rings. The summed E-state index contributed by atoms with van der Waals surface area (Å²) in [6, 6.07) is 17.2. The van der Waals surface area contributed by atoms with Gasteiger partial charge in [0.25, 0.3) is 0 Å². The first-order valence-corrected chi connectivity index (χ1v) is 11.8. The lowest BCUT2D eigenvalue weighted by atomic mass is 10.1. The minimum Gasteiger partial charge on any atom is -0.494 e. The highest BCUT2D eigenvalue weighted by atomic mass is 32.2. The molecule has 2 N–H and O–H groups in total. The number of nitrogens with one attached hydrogen (secondary N) is 2. The molecule has 6 nitrogen and oxygen atoms in total. The number of amides is 1. The molecular formula is C24H23F3N2O4S. The Hall–Kier alpha value is -3.37. The fourth-order valence-corrected chi connectivity index (χ4v) is 4.37. The predicted octanol–water partition coefficient (Wildman–Crippen LogP) is 4.63. The van der Waals surface area contributed by atoms with E-state index < -0.39 is 33.7 Å². The van der Waals surface area contributed by atoms with Gasteiger partial charge in [-0.2, -0.15) is 17.9 Å². The van der Waals surface area contributed by atoms with E-state index in [9.17, 15) is 26.4 Å². The van der Waals surface area contributed by atoms with Crippen LogP contribution in [0.3, 0.4) is 0 Å². The van der Waals surface area contributed by atoms with Crippen LogP contribution in [0, 0.1) is 0 Å². The maximum Gasteiger partial charge on any atom is 0.416 e. The second-order valence-electron chi connectivity index (χ2n) is 7.34. The number of alkyl halides is 3. The van der Waals surface area contributed by atoms with Crippen LogP contribution >= 0.6 is 0 Å². The molecular weight excluding hydrogens is 469 g/mol. The minimum absolute atomic E-state index is 0.0120. The maximum absolute atomic E-state index is 13.0. The molecule has 3 rings (SSSR count). The quantitative estimate of drug-likeness (QED) is 0.456. The normalized spacial score (nSPS) is 12.7. The first-order valence-electron chi connectivity index (χ1n) is 10.4. The van der Waals surface area contributed by atoms with Crippen molar-refractivity contribution >= 4 is 21.6 Å². The van der Waals surface area contributed by atoms with Crippen molar-refractivity contribution in [3.63, 3.8) is 0 Å². The van der Waals surface area contributed by atoms with E-state index in [0.717, 1.165) is 18.2 Å². The molecule has 0 saturated heterocycles. The zero-order valence-corrected chi connectivity index (χ0v) is 19.0. The second kappa shape index (κ2) is 10.7. The largest absolute Gasteiger partial charge is 0.494 e. The van der Waals surface area contributed by atoms with Crippen LogP contribution in [-0.2, 0) is 27.4 Å². The van der Waals surface area contributed by atoms with Crippen LogP contribution in [0.1, 0.15) is 18.1 Å². The van der Waals surface area contributed by atoms with Crippen molar-refractivity contribution in [1.82, 2.24) is 4.72 Å². The van der Waals surface area contributed by atoms with Crippen molar-refractivity contribution in [2.45, 2.75) is 30.5 Å². The minimum atomic E-state index is -4.58. The van der Waals surface area contributed by atoms with Gasteiger partial charge in [0.1, 0.15) is 11.8 Å². The summed E-state index contributed by atoms with van der Waals surface area (Å²) in [5.41, 5.74) is -0.362. The van der Waals surface area contributed by atoms with Crippen molar-refractivity contribution in [2.75, 3.05) is 11.9 Å². The van der Waals surface area contributed by atoms with E-state index in [1.165, 1.54) is 30.3 Å². The SMILES string of the molecule is CCOc1ccc(S(=O)(=O)NC(Cc2ccccc2)C(=O)Nc2cccc(C(F)(F)F)c2)cc1. The van der Waals surface area contributed by atoms with Crippen LogP contribution in [0.15, 0.2) is 83.8 Å². The molecule has 1 amide bonds. The van der Waals surface area contributed by atoms with Gasteiger partial charge >= 0.3 is 6.18 Å². The molecule has 3 aromatic rings. The van der Waals surface area contributed by atoms with Crippen LogP contribution in [0.2, 0.25) is 0 Å². The summed E-state index contributed by atoms with van der Waals surface area (Å²) in [4.78, 5) is 12.9. The van der Waals surface area contributed by atoms with Crippen molar-refractivity contribution in [3.8, 4) is 5.75 Å². The number of carbonyl (C=O) groups excluding carboxylic acids is 1. The van der Waals surface area contributed by atoms with E-state index in [4.69, 9.17) is 4.74 Å². The Morgan fingerprint density at radius 3 is 2.26 bits per heavy atom. The molecule has 0 aromatic heterocycles. The number of benzene rings is 3. The van der Waals surface area contributed by atoms with Crippen molar-refractivity contribution < 1.29 is 31.1 Å². The molecule has 0 aliphatic heterocycles. The molecule has 0 fully saturated rings. The van der Waals surface area contributed by atoms with E-state index in [1.54, 1.807) is 37.3 Å².